The first-order valence-corrected chi connectivity index (χ1v) is 11.4. The number of nitrogens with zero attached hydrogens (tertiary/aromatic N) is 1. The van der Waals surface area contributed by atoms with Gasteiger partial charge in [-0.2, -0.15) is 0 Å². The molecule has 0 saturated carbocycles. The monoisotopic (exact) mass is 437 g/mol. The van der Waals surface area contributed by atoms with Gasteiger partial charge in [0, 0.05) is 29.6 Å². The fourth-order valence-corrected chi connectivity index (χ4v) is 4.15. The number of carbonyl (C=O) groups excluding carboxylic acids is 1. The first kappa shape index (κ1) is 23.7. The molecule has 0 fully saturated rings. The van der Waals surface area contributed by atoms with Crippen LogP contribution in [0.2, 0.25) is 0 Å². The lowest BCUT2D eigenvalue weighted by Crippen LogP contribution is -2.24. The average molecular weight is 438 g/mol. The van der Waals surface area contributed by atoms with Crippen molar-refractivity contribution in [3.63, 3.8) is 0 Å². The molecule has 1 aliphatic rings. The molecule has 1 amide bonds. The van der Waals surface area contributed by atoms with Gasteiger partial charge in [-0.1, -0.05) is 32.9 Å². The van der Waals surface area contributed by atoms with Crippen molar-refractivity contribution in [1.29, 1.82) is 0 Å². The molecule has 0 radical (unpaired) electrons. The number of fused-ring (bicyclic) bond motifs is 1. The standard InChI is InChI=1S/C26H35N3O3/c1-6-13-29(14-7-2)17-18-9-11-19(12-10-18)27-21(8-3)25-20-15-23(31-4)24(32-5)16-22(20)28-26(25)30/h9-12,15-16,27H,6-8,13-14,17H2,1-5H3,(H,28,30)/b25-21-. The van der Waals surface area contributed by atoms with E-state index in [2.05, 4.69) is 53.6 Å². The average Bonchev–Trinajstić information content (AvgIpc) is 3.12. The zero-order chi connectivity index (χ0) is 23.1. The zero-order valence-electron chi connectivity index (χ0n) is 19.9. The molecule has 1 heterocycles. The van der Waals surface area contributed by atoms with Crippen molar-refractivity contribution in [3.8, 4) is 11.5 Å². The number of nitrogens with one attached hydrogen (secondary N) is 2. The van der Waals surface area contributed by atoms with Gasteiger partial charge < -0.3 is 20.1 Å². The number of benzene rings is 2. The molecule has 0 saturated heterocycles. The Hall–Kier alpha value is -2.99. The van der Waals surface area contributed by atoms with Crippen LogP contribution in [0.15, 0.2) is 42.1 Å². The summed E-state index contributed by atoms with van der Waals surface area (Å²) in [7, 11) is 3.19. The third-order valence-electron chi connectivity index (χ3n) is 5.66. The molecule has 1 aliphatic heterocycles. The molecule has 2 aromatic rings. The predicted molar refractivity (Wildman–Crippen MR) is 131 cm³/mol. The molecule has 0 bridgehead atoms. The fourth-order valence-electron chi connectivity index (χ4n) is 4.15. The summed E-state index contributed by atoms with van der Waals surface area (Å²) in [6.07, 6.45) is 3.01. The number of ether oxygens (including phenoxy) is 2. The molecular weight excluding hydrogens is 402 g/mol. The molecule has 0 atom stereocenters. The fraction of sp³-hybridized carbons (Fsp3) is 0.423. The van der Waals surface area contributed by atoms with Gasteiger partial charge in [-0.3, -0.25) is 9.69 Å². The van der Waals surface area contributed by atoms with Crippen LogP contribution in [-0.4, -0.2) is 38.1 Å². The van der Waals surface area contributed by atoms with E-state index in [4.69, 9.17) is 9.47 Å². The van der Waals surface area contributed by atoms with E-state index >= 15 is 0 Å². The van der Waals surface area contributed by atoms with Crippen molar-refractivity contribution in [2.24, 2.45) is 0 Å². The van der Waals surface area contributed by atoms with Crippen LogP contribution >= 0.6 is 0 Å². The van der Waals surface area contributed by atoms with Gasteiger partial charge >= 0.3 is 0 Å². The van der Waals surface area contributed by atoms with Crippen molar-refractivity contribution in [3.05, 3.63) is 53.2 Å². The molecule has 0 spiro atoms. The van der Waals surface area contributed by atoms with Crippen LogP contribution in [0.5, 0.6) is 11.5 Å². The highest BCUT2D eigenvalue weighted by Gasteiger charge is 2.29. The molecule has 0 aliphatic carbocycles. The van der Waals surface area contributed by atoms with E-state index in [1.54, 1.807) is 20.3 Å². The molecule has 172 valence electrons. The Morgan fingerprint density at radius 3 is 2.16 bits per heavy atom. The van der Waals surface area contributed by atoms with Crippen molar-refractivity contribution < 1.29 is 14.3 Å². The lowest BCUT2D eigenvalue weighted by molar-refractivity contribution is -0.110. The summed E-state index contributed by atoms with van der Waals surface area (Å²) in [5.41, 5.74) is 5.34. The first-order chi connectivity index (χ1) is 15.5. The van der Waals surface area contributed by atoms with Crippen molar-refractivity contribution in [2.45, 2.75) is 46.6 Å². The maximum atomic E-state index is 12.8. The van der Waals surface area contributed by atoms with E-state index < -0.39 is 0 Å². The second kappa shape index (κ2) is 11.0. The largest absolute Gasteiger partial charge is 0.493 e. The summed E-state index contributed by atoms with van der Waals surface area (Å²) in [5, 5.41) is 6.42. The van der Waals surface area contributed by atoms with Crippen LogP contribution in [0, 0.1) is 0 Å². The SMILES string of the molecule is CCCN(CCC)Cc1ccc(N/C(CC)=C2\C(=O)Nc3cc(OC)c(OC)cc32)cc1. The molecule has 6 nitrogen and oxygen atoms in total. The summed E-state index contributed by atoms with van der Waals surface area (Å²) in [4.78, 5) is 15.3. The van der Waals surface area contributed by atoms with Crippen LogP contribution in [0.25, 0.3) is 5.57 Å². The number of hydrogen-bond donors (Lipinski definition) is 2. The normalized spacial score (nSPS) is 14.2. The lowest BCUT2D eigenvalue weighted by Gasteiger charge is -2.21. The summed E-state index contributed by atoms with van der Waals surface area (Å²) in [5.74, 6) is 1.07. The second-order valence-corrected chi connectivity index (χ2v) is 8.01. The second-order valence-electron chi connectivity index (χ2n) is 8.01. The van der Waals surface area contributed by atoms with Gasteiger partial charge in [0.15, 0.2) is 11.5 Å². The van der Waals surface area contributed by atoms with Gasteiger partial charge in [-0.15, -0.1) is 0 Å². The van der Waals surface area contributed by atoms with Gasteiger partial charge in [-0.25, -0.2) is 0 Å². The quantitative estimate of drug-likeness (QED) is 0.454. The number of carbonyl (C=O) groups is 1. The summed E-state index contributed by atoms with van der Waals surface area (Å²) < 4.78 is 10.8. The van der Waals surface area contributed by atoms with Gasteiger partial charge in [0.25, 0.3) is 5.91 Å². The molecule has 2 N–H and O–H groups in total. The van der Waals surface area contributed by atoms with Crippen LogP contribution in [0.1, 0.15) is 51.2 Å². The molecular formula is C26H35N3O3. The zero-order valence-corrected chi connectivity index (χ0v) is 19.9. The van der Waals surface area contributed by atoms with Crippen molar-refractivity contribution in [2.75, 3.05) is 37.9 Å². The molecule has 2 aromatic carbocycles. The van der Waals surface area contributed by atoms with Gasteiger partial charge in [0.05, 0.1) is 25.5 Å². The van der Waals surface area contributed by atoms with Crippen LogP contribution < -0.4 is 20.1 Å². The smallest absolute Gasteiger partial charge is 0.258 e. The number of allylic oxidation sites excluding steroid dienone is 1. The van der Waals surface area contributed by atoms with E-state index in [1.165, 1.54) is 5.56 Å². The Labute approximate surface area is 191 Å². The first-order valence-electron chi connectivity index (χ1n) is 11.4. The Bertz CT molecular complexity index is 961. The lowest BCUT2D eigenvalue weighted by atomic mass is 10.0. The van der Waals surface area contributed by atoms with E-state index in [-0.39, 0.29) is 5.91 Å². The number of amides is 1. The van der Waals surface area contributed by atoms with Gasteiger partial charge in [0.1, 0.15) is 0 Å². The maximum Gasteiger partial charge on any atom is 0.258 e. The van der Waals surface area contributed by atoms with Gasteiger partial charge in [-0.05, 0) is 56.1 Å². The number of hydrogen-bond acceptors (Lipinski definition) is 5. The summed E-state index contributed by atoms with van der Waals surface area (Å²) in [6, 6.07) is 12.2. The molecule has 0 aromatic heterocycles. The number of methoxy groups -OCH3 is 2. The molecule has 32 heavy (non-hydrogen) atoms. The Kier molecular flexibility index (Phi) is 8.17. The summed E-state index contributed by atoms with van der Waals surface area (Å²) in [6.45, 7) is 9.67. The minimum atomic E-state index is -0.119. The third-order valence-corrected chi connectivity index (χ3v) is 5.66. The third kappa shape index (κ3) is 5.25. The van der Waals surface area contributed by atoms with Crippen LogP contribution in [0.3, 0.4) is 0 Å². The predicted octanol–water partition coefficient (Wildman–Crippen LogP) is 5.51. The Morgan fingerprint density at radius 1 is 0.969 bits per heavy atom. The number of anilines is 2. The van der Waals surface area contributed by atoms with E-state index in [9.17, 15) is 4.79 Å². The highest BCUT2D eigenvalue weighted by molar-refractivity contribution is 6.32. The Morgan fingerprint density at radius 2 is 1.59 bits per heavy atom. The summed E-state index contributed by atoms with van der Waals surface area (Å²) >= 11 is 0. The maximum absolute atomic E-state index is 12.8. The van der Waals surface area contributed by atoms with Crippen molar-refractivity contribution >= 4 is 22.9 Å². The highest BCUT2D eigenvalue weighted by atomic mass is 16.5. The van der Waals surface area contributed by atoms with Crippen molar-refractivity contribution in [1.82, 2.24) is 4.90 Å². The minimum Gasteiger partial charge on any atom is -0.493 e. The van der Waals surface area contributed by atoms with Crippen LogP contribution in [-0.2, 0) is 11.3 Å². The highest BCUT2D eigenvalue weighted by Crippen LogP contribution is 2.42. The van der Waals surface area contributed by atoms with Crippen LogP contribution in [0.4, 0.5) is 11.4 Å². The molecule has 0 unspecified atom stereocenters. The van der Waals surface area contributed by atoms with E-state index in [1.807, 2.05) is 13.0 Å². The van der Waals surface area contributed by atoms with E-state index in [0.29, 0.717) is 23.5 Å². The van der Waals surface area contributed by atoms with Gasteiger partial charge in [0.2, 0.25) is 0 Å². The minimum absolute atomic E-state index is 0.119. The number of rotatable bonds is 11. The molecule has 6 heteroatoms. The topological polar surface area (TPSA) is 62.8 Å². The van der Waals surface area contributed by atoms with E-state index in [0.717, 1.165) is 55.1 Å². The Balaban J connectivity index is 1.84. The molecule has 3 rings (SSSR count).